The molecule has 152 valence electrons. The van der Waals surface area contributed by atoms with Crippen molar-refractivity contribution in [3.05, 3.63) is 36.5 Å². The third-order valence-corrected chi connectivity index (χ3v) is 7.80. The number of sulfonamides is 1. The van der Waals surface area contributed by atoms with E-state index >= 15 is 0 Å². The van der Waals surface area contributed by atoms with Crippen LogP contribution in [0, 0.1) is 5.92 Å². The quantitative estimate of drug-likeness (QED) is 0.778. The van der Waals surface area contributed by atoms with Gasteiger partial charge in [0.05, 0.1) is 17.5 Å². The maximum Gasteiger partial charge on any atom is 0.245 e. The van der Waals surface area contributed by atoms with Crippen molar-refractivity contribution in [3.8, 4) is 0 Å². The van der Waals surface area contributed by atoms with Gasteiger partial charge in [0, 0.05) is 43.7 Å². The number of likely N-dealkylation sites (tertiary alicyclic amines) is 1. The number of benzene rings is 1. The summed E-state index contributed by atoms with van der Waals surface area (Å²) in [5.74, 6) is -0.472. The van der Waals surface area contributed by atoms with Gasteiger partial charge >= 0.3 is 0 Å². The van der Waals surface area contributed by atoms with Crippen LogP contribution in [0.3, 0.4) is 0 Å². The Hall–Kier alpha value is -2.52. The predicted molar refractivity (Wildman–Crippen MR) is 105 cm³/mol. The summed E-state index contributed by atoms with van der Waals surface area (Å²) in [6.45, 7) is 0.855. The first-order valence-corrected chi connectivity index (χ1v) is 11.3. The molecule has 1 aromatic carbocycles. The van der Waals surface area contributed by atoms with E-state index in [9.17, 15) is 18.0 Å². The Balaban J connectivity index is 1.27. The van der Waals surface area contributed by atoms with Gasteiger partial charge in [-0.25, -0.2) is 8.42 Å². The minimum absolute atomic E-state index is 0.0611. The fourth-order valence-corrected chi connectivity index (χ4v) is 5.72. The first-order valence-electron chi connectivity index (χ1n) is 9.87. The van der Waals surface area contributed by atoms with Crippen molar-refractivity contribution in [2.75, 3.05) is 19.6 Å². The summed E-state index contributed by atoms with van der Waals surface area (Å²) in [5, 5.41) is 3.72. The molecule has 2 amide bonds. The average molecular weight is 414 g/mol. The van der Waals surface area contributed by atoms with E-state index in [0.29, 0.717) is 12.1 Å². The summed E-state index contributed by atoms with van der Waals surface area (Å²) >= 11 is 0. The van der Waals surface area contributed by atoms with Crippen LogP contribution < -0.4 is 5.32 Å². The fraction of sp³-hybridized carbons (Fsp3) is 0.450. The number of rotatable bonds is 5. The number of hydrogen-bond donors (Lipinski definition) is 1. The highest BCUT2D eigenvalue weighted by Crippen LogP contribution is 2.31. The summed E-state index contributed by atoms with van der Waals surface area (Å²) in [5.41, 5.74) is 0.451. The molecule has 1 atom stereocenters. The molecule has 1 aromatic heterocycles. The molecular weight excluding hydrogens is 392 g/mol. The van der Waals surface area contributed by atoms with Crippen LogP contribution in [0.4, 0.5) is 0 Å². The zero-order valence-corrected chi connectivity index (χ0v) is 16.6. The van der Waals surface area contributed by atoms with Gasteiger partial charge in [0.1, 0.15) is 4.90 Å². The lowest BCUT2D eigenvalue weighted by Gasteiger charge is -2.43. The van der Waals surface area contributed by atoms with E-state index in [-0.39, 0.29) is 54.2 Å². The second-order valence-electron chi connectivity index (χ2n) is 8.04. The summed E-state index contributed by atoms with van der Waals surface area (Å²) in [4.78, 5) is 30.7. The van der Waals surface area contributed by atoms with Crippen LogP contribution in [-0.4, -0.2) is 66.1 Å². The number of aromatic nitrogens is 1. The predicted octanol–water partition coefficient (Wildman–Crippen LogP) is 0.735. The Kier molecular flexibility index (Phi) is 4.32. The smallest absolute Gasteiger partial charge is 0.245 e. The lowest BCUT2D eigenvalue weighted by Crippen LogP contribution is -2.61. The number of nitrogens with zero attached hydrogens (tertiary/aromatic N) is 3. The van der Waals surface area contributed by atoms with E-state index in [4.69, 9.17) is 0 Å². The molecule has 0 radical (unpaired) electrons. The Labute approximate surface area is 168 Å². The van der Waals surface area contributed by atoms with Crippen LogP contribution in [0.2, 0.25) is 0 Å². The molecule has 3 aliphatic rings. The van der Waals surface area contributed by atoms with E-state index in [1.165, 1.54) is 4.31 Å². The Morgan fingerprint density at radius 3 is 2.62 bits per heavy atom. The summed E-state index contributed by atoms with van der Waals surface area (Å²) in [6.07, 6.45) is 3.80. The van der Waals surface area contributed by atoms with Gasteiger partial charge in [0.15, 0.2) is 0 Å². The number of carbonyl (C=O) groups is 2. The number of hydrogen-bond acceptors (Lipinski definition) is 5. The summed E-state index contributed by atoms with van der Waals surface area (Å²) in [7, 11) is -3.69. The van der Waals surface area contributed by atoms with Crippen molar-refractivity contribution in [1.29, 1.82) is 0 Å². The van der Waals surface area contributed by atoms with Crippen molar-refractivity contribution in [2.45, 2.75) is 36.2 Å². The zero-order valence-electron chi connectivity index (χ0n) is 15.8. The van der Waals surface area contributed by atoms with Crippen molar-refractivity contribution in [3.63, 3.8) is 0 Å². The monoisotopic (exact) mass is 414 g/mol. The van der Waals surface area contributed by atoms with Crippen molar-refractivity contribution >= 4 is 32.7 Å². The van der Waals surface area contributed by atoms with Crippen LogP contribution in [0.15, 0.2) is 41.4 Å². The molecule has 2 saturated heterocycles. The van der Waals surface area contributed by atoms with Gasteiger partial charge in [-0.15, -0.1) is 0 Å². The first-order chi connectivity index (χ1) is 13.9. The van der Waals surface area contributed by atoms with Gasteiger partial charge in [-0.1, -0.05) is 18.2 Å². The van der Waals surface area contributed by atoms with Gasteiger partial charge in [0.25, 0.3) is 0 Å². The van der Waals surface area contributed by atoms with Crippen LogP contribution in [0.1, 0.15) is 19.3 Å². The lowest BCUT2D eigenvalue weighted by molar-refractivity contribution is -0.132. The maximum absolute atomic E-state index is 13.1. The van der Waals surface area contributed by atoms with E-state index in [2.05, 4.69) is 10.3 Å². The largest absolute Gasteiger partial charge is 0.353 e. The first kappa shape index (κ1) is 18.5. The highest BCUT2D eigenvalue weighted by atomic mass is 32.2. The molecule has 1 N–H and O–H groups in total. The third kappa shape index (κ3) is 3.28. The summed E-state index contributed by atoms with van der Waals surface area (Å²) in [6, 6.07) is 8.79. The second kappa shape index (κ2) is 6.77. The number of fused-ring (bicyclic) bond motifs is 1. The number of para-hydroxylation sites is 1. The highest BCUT2D eigenvalue weighted by Gasteiger charge is 2.46. The SMILES string of the molecule is O=C(NC1CC1)C1CC(=O)N(C2CN(S(=O)(=O)c3cccc4cccnc34)C2)C1. The topological polar surface area (TPSA) is 99.7 Å². The van der Waals surface area contributed by atoms with E-state index < -0.39 is 10.0 Å². The van der Waals surface area contributed by atoms with Gasteiger partial charge in [-0.2, -0.15) is 4.31 Å². The van der Waals surface area contributed by atoms with Gasteiger partial charge in [-0.3, -0.25) is 14.6 Å². The molecule has 1 unspecified atom stereocenters. The van der Waals surface area contributed by atoms with Crippen molar-refractivity contribution in [2.24, 2.45) is 5.92 Å². The molecule has 1 aliphatic carbocycles. The molecule has 2 aromatic rings. The van der Waals surface area contributed by atoms with Crippen LogP contribution in [-0.2, 0) is 19.6 Å². The molecule has 0 bridgehead atoms. The number of pyridine rings is 1. The van der Waals surface area contributed by atoms with Crippen LogP contribution in [0.25, 0.3) is 10.9 Å². The van der Waals surface area contributed by atoms with E-state index in [1.54, 1.807) is 29.3 Å². The standard InChI is InChI=1S/C20H22N4O4S/c25-18-9-14(20(26)22-15-6-7-15)10-24(18)16-11-23(12-16)29(27,28)17-5-1-3-13-4-2-8-21-19(13)17/h1-5,8,14-16H,6-7,9-12H2,(H,22,26). The molecule has 9 heteroatoms. The molecule has 3 heterocycles. The third-order valence-electron chi connectivity index (χ3n) is 5.94. The Morgan fingerprint density at radius 1 is 1.10 bits per heavy atom. The summed E-state index contributed by atoms with van der Waals surface area (Å²) < 4.78 is 27.6. The van der Waals surface area contributed by atoms with Crippen molar-refractivity contribution in [1.82, 2.24) is 19.5 Å². The Bertz CT molecular complexity index is 1090. The van der Waals surface area contributed by atoms with E-state index in [0.717, 1.165) is 18.2 Å². The highest BCUT2D eigenvalue weighted by molar-refractivity contribution is 7.89. The molecule has 29 heavy (non-hydrogen) atoms. The van der Waals surface area contributed by atoms with Crippen LogP contribution in [0.5, 0.6) is 0 Å². The average Bonchev–Trinajstić information content (AvgIpc) is 3.40. The van der Waals surface area contributed by atoms with E-state index in [1.807, 2.05) is 12.1 Å². The number of nitrogens with one attached hydrogen (secondary N) is 1. The molecule has 8 nitrogen and oxygen atoms in total. The maximum atomic E-state index is 13.1. The molecule has 3 fully saturated rings. The molecule has 0 spiro atoms. The Morgan fingerprint density at radius 2 is 1.86 bits per heavy atom. The van der Waals surface area contributed by atoms with Gasteiger partial charge < -0.3 is 10.2 Å². The molecule has 1 saturated carbocycles. The van der Waals surface area contributed by atoms with Gasteiger partial charge in [0.2, 0.25) is 21.8 Å². The molecule has 2 aliphatic heterocycles. The number of carbonyl (C=O) groups excluding carboxylic acids is 2. The molecule has 5 rings (SSSR count). The molecular formula is C20H22N4O4S. The normalized spacial score (nSPS) is 23.4. The van der Waals surface area contributed by atoms with Crippen molar-refractivity contribution < 1.29 is 18.0 Å². The van der Waals surface area contributed by atoms with Crippen LogP contribution >= 0.6 is 0 Å². The second-order valence-corrected chi connectivity index (χ2v) is 9.94. The number of amides is 2. The lowest BCUT2D eigenvalue weighted by atomic mass is 10.1. The minimum atomic E-state index is -3.69. The fourth-order valence-electron chi connectivity index (χ4n) is 4.04. The minimum Gasteiger partial charge on any atom is -0.353 e. The van der Waals surface area contributed by atoms with Gasteiger partial charge in [-0.05, 0) is 25.0 Å². The zero-order chi connectivity index (χ0) is 20.2.